The summed E-state index contributed by atoms with van der Waals surface area (Å²) >= 11 is 1.39. The van der Waals surface area contributed by atoms with Crippen LogP contribution in [0.15, 0.2) is 90.3 Å². The topological polar surface area (TPSA) is 76.1 Å². The largest absolute Gasteiger partial charge is 0.488 e. The lowest BCUT2D eigenvalue weighted by molar-refractivity contribution is -0.155. The molecule has 0 unspecified atom stereocenters. The molecule has 1 aliphatic rings. The molecule has 0 aliphatic carbocycles. The SMILES string of the molecule is Cc1ccc2c(c1OCc1ccccc1)C[C@H](C(=O)O)N(C(=O)[C@H](Oc1cccs1)c1ccccc1)C2. The number of aryl methyl sites for hydroxylation is 1. The number of amides is 1. The molecule has 6 nitrogen and oxygen atoms in total. The summed E-state index contributed by atoms with van der Waals surface area (Å²) < 4.78 is 12.3. The number of carbonyl (C=O) groups is 2. The molecule has 37 heavy (non-hydrogen) atoms. The number of fused-ring (bicyclic) bond motifs is 1. The third-order valence-electron chi connectivity index (χ3n) is 6.52. The number of thiophene rings is 1. The van der Waals surface area contributed by atoms with Crippen molar-refractivity contribution in [3.8, 4) is 10.8 Å². The average molecular weight is 514 g/mol. The second-order valence-corrected chi connectivity index (χ2v) is 9.90. The van der Waals surface area contributed by atoms with Gasteiger partial charge in [-0.15, -0.1) is 11.3 Å². The monoisotopic (exact) mass is 513 g/mol. The molecule has 1 amide bonds. The molecule has 0 saturated heterocycles. The molecule has 5 rings (SSSR count). The van der Waals surface area contributed by atoms with Crippen molar-refractivity contribution in [3.63, 3.8) is 0 Å². The Labute approximate surface area is 219 Å². The van der Waals surface area contributed by atoms with E-state index >= 15 is 0 Å². The maximum atomic E-state index is 13.9. The van der Waals surface area contributed by atoms with Crippen molar-refractivity contribution in [2.24, 2.45) is 0 Å². The maximum absolute atomic E-state index is 13.9. The highest BCUT2D eigenvalue weighted by atomic mass is 32.1. The van der Waals surface area contributed by atoms with Gasteiger partial charge in [0.05, 0.1) is 0 Å². The van der Waals surface area contributed by atoms with E-state index in [0.29, 0.717) is 23.0 Å². The zero-order chi connectivity index (χ0) is 25.8. The zero-order valence-corrected chi connectivity index (χ0v) is 21.2. The molecule has 188 valence electrons. The van der Waals surface area contributed by atoms with Gasteiger partial charge in [-0.3, -0.25) is 4.79 Å². The first-order chi connectivity index (χ1) is 18.0. The first-order valence-corrected chi connectivity index (χ1v) is 13.0. The minimum Gasteiger partial charge on any atom is -0.488 e. The smallest absolute Gasteiger partial charge is 0.326 e. The molecule has 2 atom stereocenters. The summed E-state index contributed by atoms with van der Waals surface area (Å²) in [4.78, 5) is 27.8. The molecule has 1 N–H and O–H groups in total. The summed E-state index contributed by atoms with van der Waals surface area (Å²) in [6.07, 6.45) is -0.801. The highest BCUT2D eigenvalue weighted by molar-refractivity contribution is 7.11. The summed E-state index contributed by atoms with van der Waals surface area (Å²) in [6, 6.07) is 25.6. The van der Waals surface area contributed by atoms with E-state index in [-0.39, 0.29) is 18.9 Å². The molecular formula is C30H27NO5S. The molecule has 0 fully saturated rings. The Morgan fingerprint density at radius 2 is 1.73 bits per heavy atom. The minimum absolute atomic E-state index is 0.155. The molecular weight excluding hydrogens is 486 g/mol. The van der Waals surface area contributed by atoms with E-state index in [0.717, 1.165) is 22.3 Å². The predicted octanol–water partition coefficient (Wildman–Crippen LogP) is 5.79. The van der Waals surface area contributed by atoms with E-state index in [1.807, 2.05) is 91.2 Å². The minimum atomic E-state index is -1.06. The Hall–Kier alpha value is -4.10. The fourth-order valence-electron chi connectivity index (χ4n) is 4.62. The molecule has 4 aromatic rings. The van der Waals surface area contributed by atoms with E-state index in [1.165, 1.54) is 16.2 Å². The Kier molecular flexibility index (Phi) is 7.23. The van der Waals surface area contributed by atoms with Gasteiger partial charge >= 0.3 is 5.97 Å². The number of aliphatic carboxylic acids is 1. The van der Waals surface area contributed by atoms with Gasteiger partial charge in [-0.05, 0) is 41.1 Å². The van der Waals surface area contributed by atoms with Gasteiger partial charge in [0.2, 0.25) is 6.10 Å². The number of carboxylic acids is 1. The van der Waals surface area contributed by atoms with Crippen molar-refractivity contribution in [1.82, 2.24) is 4.90 Å². The lowest BCUT2D eigenvalue weighted by Gasteiger charge is -2.37. The van der Waals surface area contributed by atoms with Crippen molar-refractivity contribution in [2.75, 3.05) is 0 Å². The number of benzene rings is 3. The summed E-state index contributed by atoms with van der Waals surface area (Å²) in [5, 5.41) is 12.7. The van der Waals surface area contributed by atoms with Crippen LogP contribution in [0.3, 0.4) is 0 Å². The van der Waals surface area contributed by atoms with Crippen LogP contribution in [0.4, 0.5) is 0 Å². The number of carbonyl (C=O) groups excluding carboxylic acids is 1. The first-order valence-electron chi connectivity index (χ1n) is 12.1. The Morgan fingerprint density at radius 1 is 1.00 bits per heavy atom. The summed E-state index contributed by atoms with van der Waals surface area (Å²) in [5.41, 5.74) is 4.34. The van der Waals surface area contributed by atoms with Crippen molar-refractivity contribution in [1.29, 1.82) is 0 Å². The van der Waals surface area contributed by atoms with Crippen molar-refractivity contribution < 1.29 is 24.2 Å². The number of hydrogen-bond acceptors (Lipinski definition) is 5. The molecule has 1 aliphatic heterocycles. The van der Waals surface area contributed by atoms with Crippen molar-refractivity contribution in [2.45, 2.75) is 38.6 Å². The van der Waals surface area contributed by atoms with E-state index in [9.17, 15) is 14.7 Å². The molecule has 1 aromatic heterocycles. The van der Waals surface area contributed by atoms with Crippen LogP contribution >= 0.6 is 11.3 Å². The van der Waals surface area contributed by atoms with E-state index in [2.05, 4.69) is 0 Å². The van der Waals surface area contributed by atoms with Gasteiger partial charge in [-0.1, -0.05) is 72.8 Å². The highest BCUT2D eigenvalue weighted by Gasteiger charge is 2.40. The van der Waals surface area contributed by atoms with Crippen LogP contribution in [0, 0.1) is 6.92 Å². The molecule has 0 spiro atoms. The van der Waals surface area contributed by atoms with Gasteiger partial charge < -0.3 is 19.5 Å². The molecule has 2 heterocycles. The normalized spacial score (nSPS) is 15.5. The first kappa shape index (κ1) is 24.6. The van der Waals surface area contributed by atoms with Crippen molar-refractivity contribution in [3.05, 3.63) is 118 Å². The standard InChI is InChI=1S/C30H27NO5S/c1-20-14-15-23-18-31(29(32)28(22-11-6-3-7-12-22)36-26-13-8-16-37-26)25(30(33)34)17-24(23)27(20)35-19-21-9-4-2-5-10-21/h2-16,25,28H,17-19H2,1H3,(H,33,34)/t25-,28-/m1/s1. The van der Waals surface area contributed by atoms with Gasteiger partial charge in [0.25, 0.3) is 5.91 Å². The van der Waals surface area contributed by atoms with Crippen LogP contribution in [0.25, 0.3) is 0 Å². The third kappa shape index (κ3) is 5.37. The number of rotatable bonds is 8. The van der Waals surface area contributed by atoms with Gasteiger partial charge in [-0.25, -0.2) is 4.79 Å². The Morgan fingerprint density at radius 3 is 2.41 bits per heavy atom. The second-order valence-electron chi connectivity index (χ2n) is 8.99. The summed E-state index contributed by atoms with van der Waals surface area (Å²) in [5.74, 6) is -0.753. The molecule has 7 heteroatoms. The zero-order valence-electron chi connectivity index (χ0n) is 20.4. The summed E-state index contributed by atoms with van der Waals surface area (Å²) in [7, 11) is 0. The van der Waals surface area contributed by atoms with Crippen LogP contribution in [0.1, 0.15) is 33.9 Å². The molecule has 0 saturated carbocycles. The van der Waals surface area contributed by atoms with Gasteiger partial charge in [0, 0.05) is 24.1 Å². The average Bonchev–Trinajstić information content (AvgIpc) is 3.44. The number of ether oxygens (including phenoxy) is 2. The number of nitrogens with zero attached hydrogens (tertiary/aromatic N) is 1. The van der Waals surface area contributed by atoms with Crippen LogP contribution in [-0.2, 0) is 29.2 Å². The third-order valence-corrected chi connectivity index (χ3v) is 7.28. The number of hydrogen-bond donors (Lipinski definition) is 1. The highest BCUT2D eigenvalue weighted by Crippen LogP contribution is 2.36. The molecule has 0 bridgehead atoms. The quantitative estimate of drug-likeness (QED) is 0.323. The van der Waals surface area contributed by atoms with E-state index < -0.39 is 18.1 Å². The number of carboxylic acid groups (broad SMARTS) is 1. The van der Waals surface area contributed by atoms with Crippen molar-refractivity contribution >= 4 is 23.2 Å². The fourth-order valence-corrected chi connectivity index (χ4v) is 5.22. The van der Waals surface area contributed by atoms with Crippen LogP contribution in [-0.4, -0.2) is 27.9 Å². The Bertz CT molecular complexity index is 1370. The van der Waals surface area contributed by atoms with Gasteiger partial charge in [0.15, 0.2) is 5.06 Å². The Balaban J connectivity index is 1.46. The maximum Gasteiger partial charge on any atom is 0.326 e. The lowest BCUT2D eigenvalue weighted by Crippen LogP contribution is -2.51. The van der Waals surface area contributed by atoms with Crippen LogP contribution in [0.5, 0.6) is 10.8 Å². The second kappa shape index (κ2) is 10.9. The van der Waals surface area contributed by atoms with Gasteiger partial charge in [0.1, 0.15) is 18.4 Å². The van der Waals surface area contributed by atoms with Crippen LogP contribution < -0.4 is 9.47 Å². The van der Waals surface area contributed by atoms with E-state index in [1.54, 1.807) is 6.07 Å². The van der Waals surface area contributed by atoms with E-state index in [4.69, 9.17) is 9.47 Å². The predicted molar refractivity (Wildman–Crippen MR) is 142 cm³/mol. The molecule has 3 aromatic carbocycles. The lowest BCUT2D eigenvalue weighted by atomic mass is 9.90. The van der Waals surface area contributed by atoms with Gasteiger partial charge in [-0.2, -0.15) is 0 Å². The molecule has 0 radical (unpaired) electrons. The van der Waals surface area contributed by atoms with Crippen LogP contribution in [0.2, 0.25) is 0 Å². The summed E-state index contributed by atoms with van der Waals surface area (Å²) in [6.45, 7) is 2.49. The fraction of sp³-hybridized carbons (Fsp3) is 0.200.